The van der Waals surface area contributed by atoms with E-state index in [9.17, 15) is 9.59 Å². The highest BCUT2D eigenvalue weighted by molar-refractivity contribution is 6.06. The second-order valence-electron chi connectivity index (χ2n) is 4.34. The fourth-order valence-corrected chi connectivity index (χ4v) is 2.10. The molecule has 0 saturated heterocycles. The van der Waals surface area contributed by atoms with Crippen LogP contribution in [0.5, 0.6) is 0 Å². The van der Waals surface area contributed by atoms with Crippen molar-refractivity contribution in [1.29, 1.82) is 0 Å². The molecule has 0 spiro atoms. The van der Waals surface area contributed by atoms with Gasteiger partial charge in [-0.2, -0.15) is 0 Å². The van der Waals surface area contributed by atoms with Gasteiger partial charge >= 0.3 is 0 Å². The van der Waals surface area contributed by atoms with Crippen LogP contribution in [0.25, 0.3) is 0 Å². The molecule has 0 aromatic heterocycles. The van der Waals surface area contributed by atoms with E-state index >= 15 is 0 Å². The predicted molar refractivity (Wildman–Crippen MR) is 57.7 cm³/mol. The van der Waals surface area contributed by atoms with E-state index in [1.54, 1.807) is 0 Å². The minimum Gasteiger partial charge on any atom is -0.299 e. The molecule has 1 fully saturated rings. The third-order valence-corrected chi connectivity index (χ3v) is 3.29. The van der Waals surface area contributed by atoms with E-state index in [2.05, 4.69) is 0 Å². The summed E-state index contributed by atoms with van der Waals surface area (Å²) in [5.41, 5.74) is 0.581. The van der Waals surface area contributed by atoms with Gasteiger partial charge in [0.15, 0.2) is 0 Å². The molecule has 15 heavy (non-hydrogen) atoms. The monoisotopic (exact) mass is 202 g/mol. The summed E-state index contributed by atoms with van der Waals surface area (Å²) in [4.78, 5) is 23.1. The van der Waals surface area contributed by atoms with Gasteiger partial charge in [-0.3, -0.25) is 9.59 Å². The highest BCUT2D eigenvalue weighted by Gasteiger charge is 2.39. The SMILES string of the molecule is C[C@@]1(c2ccccc2)CCC(=O)CC1=O. The van der Waals surface area contributed by atoms with Gasteiger partial charge in [0.1, 0.15) is 11.6 Å². The Morgan fingerprint density at radius 3 is 2.40 bits per heavy atom. The fraction of sp³-hybridized carbons (Fsp3) is 0.385. The number of carbonyl (C=O) groups excluding carboxylic acids is 2. The van der Waals surface area contributed by atoms with Crippen LogP contribution in [0.1, 0.15) is 31.7 Å². The number of hydrogen-bond donors (Lipinski definition) is 0. The van der Waals surface area contributed by atoms with Crippen LogP contribution in [-0.2, 0) is 15.0 Å². The molecule has 2 rings (SSSR count). The fourth-order valence-electron chi connectivity index (χ4n) is 2.10. The van der Waals surface area contributed by atoms with Gasteiger partial charge in [0.2, 0.25) is 0 Å². The maximum Gasteiger partial charge on any atom is 0.150 e. The molecular weight excluding hydrogens is 188 g/mol. The van der Waals surface area contributed by atoms with Crippen molar-refractivity contribution in [3.8, 4) is 0 Å². The van der Waals surface area contributed by atoms with Crippen LogP contribution in [0.3, 0.4) is 0 Å². The average Bonchev–Trinajstić information content (AvgIpc) is 2.25. The lowest BCUT2D eigenvalue weighted by atomic mass is 9.70. The minimum absolute atomic E-state index is 0.0601. The second-order valence-corrected chi connectivity index (χ2v) is 4.34. The van der Waals surface area contributed by atoms with Crippen LogP contribution in [0, 0.1) is 0 Å². The van der Waals surface area contributed by atoms with Gasteiger partial charge in [-0.15, -0.1) is 0 Å². The Hall–Kier alpha value is -1.44. The zero-order valence-corrected chi connectivity index (χ0v) is 8.82. The summed E-state index contributed by atoms with van der Waals surface area (Å²) >= 11 is 0. The first-order valence-corrected chi connectivity index (χ1v) is 5.23. The summed E-state index contributed by atoms with van der Waals surface area (Å²) in [6.07, 6.45) is 1.28. The van der Waals surface area contributed by atoms with E-state index in [0.717, 1.165) is 5.56 Å². The number of benzene rings is 1. The summed E-state index contributed by atoms with van der Waals surface area (Å²) in [6.45, 7) is 1.94. The summed E-state index contributed by atoms with van der Waals surface area (Å²) in [6, 6.07) is 9.74. The minimum atomic E-state index is -0.449. The standard InChI is InChI=1S/C13H14O2/c1-13(10-5-3-2-4-6-10)8-7-11(14)9-12(13)15/h2-6H,7-9H2,1H3/t13-/m0/s1. The normalized spacial score (nSPS) is 26.7. The van der Waals surface area contributed by atoms with Gasteiger partial charge in [0.05, 0.1) is 11.8 Å². The van der Waals surface area contributed by atoms with Crippen LogP contribution in [-0.4, -0.2) is 11.6 Å². The van der Waals surface area contributed by atoms with Crippen molar-refractivity contribution in [3.05, 3.63) is 35.9 Å². The first-order valence-electron chi connectivity index (χ1n) is 5.23. The Bertz CT molecular complexity index is 394. The molecule has 1 atom stereocenters. The van der Waals surface area contributed by atoms with E-state index in [1.807, 2.05) is 37.3 Å². The third-order valence-electron chi connectivity index (χ3n) is 3.29. The Labute approximate surface area is 89.3 Å². The van der Waals surface area contributed by atoms with Gasteiger partial charge in [-0.25, -0.2) is 0 Å². The number of carbonyl (C=O) groups is 2. The smallest absolute Gasteiger partial charge is 0.150 e. The lowest BCUT2D eigenvalue weighted by Crippen LogP contribution is -2.38. The summed E-state index contributed by atoms with van der Waals surface area (Å²) < 4.78 is 0. The highest BCUT2D eigenvalue weighted by Crippen LogP contribution is 2.34. The molecule has 2 heteroatoms. The van der Waals surface area contributed by atoms with E-state index in [-0.39, 0.29) is 18.0 Å². The second kappa shape index (κ2) is 3.61. The van der Waals surface area contributed by atoms with Crippen LogP contribution >= 0.6 is 0 Å². The van der Waals surface area contributed by atoms with Crippen LogP contribution in [0.4, 0.5) is 0 Å². The van der Waals surface area contributed by atoms with Crippen molar-refractivity contribution in [2.24, 2.45) is 0 Å². The topological polar surface area (TPSA) is 34.1 Å². The first kappa shape index (κ1) is 10.1. The molecule has 0 radical (unpaired) electrons. The molecule has 1 aliphatic carbocycles. The van der Waals surface area contributed by atoms with Gasteiger partial charge in [-0.1, -0.05) is 30.3 Å². The largest absolute Gasteiger partial charge is 0.299 e. The number of hydrogen-bond acceptors (Lipinski definition) is 2. The summed E-state index contributed by atoms with van der Waals surface area (Å²) in [5, 5.41) is 0. The van der Waals surface area contributed by atoms with Gasteiger partial charge in [0, 0.05) is 6.42 Å². The molecular formula is C13H14O2. The number of rotatable bonds is 1. The van der Waals surface area contributed by atoms with Crippen molar-refractivity contribution >= 4 is 11.6 Å². The Kier molecular flexibility index (Phi) is 2.43. The summed E-state index contributed by atoms with van der Waals surface area (Å²) in [5.74, 6) is 0.137. The quantitative estimate of drug-likeness (QED) is 0.655. The molecule has 0 bridgehead atoms. The molecule has 1 aliphatic rings. The molecule has 1 aromatic carbocycles. The molecule has 0 heterocycles. The number of ketones is 2. The van der Waals surface area contributed by atoms with E-state index in [0.29, 0.717) is 12.8 Å². The maximum atomic E-state index is 11.9. The van der Waals surface area contributed by atoms with Crippen molar-refractivity contribution in [2.75, 3.05) is 0 Å². The molecule has 0 N–H and O–H groups in total. The maximum absolute atomic E-state index is 11.9. The number of Topliss-reactive ketones (excluding diaryl/α,β-unsaturated/α-hetero) is 2. The van der Waals surface area contributed by atoms with E-state index < -0.39 is 5.41 Å². The lowest BCUT2D eigenvalue weighted by molar-refractivity contribution is -0.133. The van der Waals surface area contributed by atoms with Crippen molar-refractivity contribution in [2.45, 2.75) is 31.6 Å². The van der Waals surface area contributed by atoms with Gasteiger partial charge in [0.25, 0.3) is 0 Å². The predicted octanol–water partition coefficient (Wildman–Crippen LogP) is 2.27. The zero-order valence-electron chi connectivity index (χ0n) is 8.82. The van der Waals surface area contributed by atoms with Crippen LogP contribution < -0.4 is 0 Å². The van der Waals surface area contributed by atoms with Crippen LogP contribution in [0.15, 0.2) is 30.3 Å². The molecule has 0 amide bonds. The van der Waals surface area contributed by atoms with Gasteiger partial charge in [-0.05, 0) is 18.9 Å². The molecule has 1 aromatic rings. The molecule has 0 unspecified atom stereocenters. The zero-order chi connectivity index (χ0) is 10.9. The lowest BCUT2D eigenvalue weighted by Gasteiger charge is -2.31. The third kappa shape index (κ3) is 1.72. The van der Waals surface area contributed by atoms with Gasteiger partial charge < -0.3 is 0 Å². The van der Waals surface area contributed by atoms with E-state index in [4.69, 9.17) is 0 Å². The van der Waals surface area contributed by atoms with Crippen LogP contribution in [0.2, 0.25) is 0 Å². The van der Waals surface area contributed by atoms with Crippen molar-refractivity contribution in [3.63, 3.8) is 0 Å². The highest BCUT2D eigenvalue weighted by atomic mass is 16.1. The Balaban J connectivity index is 2.35. The molecule has 0 aliphatic heterocycles. The summed E-state index contributed by atoms with van der Waals surface area (Å²) in [7, 11) is 0. The average molecular weight is 202 g/mol. The van der Waals surface area contributed by atoms with E-state index in [1.165, 1.54) is 0 Å². The Morgan fingerprint density at radius 2 is 1.80 bits per heavy atom. The molecule has 78 valence electrons. The Morgan fingerprint density at radius 1 is 1.13 bits per heavy atom. The molecule has 2 nitrogen and oxygen atoms in total. The van der Waals surface area contributed by atoms with Crippen molar-refractivity contribution in [1.82, 2.24) is 0 Å². The first-order chi connectivity index (χ1) is 7.13. The van der Waals surface area contributed by atoms with Crippen molar-refractivity contribution < 1.29 is 9.59 Å². The molecule has 1 saturated carbocycles.